The molecule has 0 bridgehead atoms. The highest BCUT2D eigenvalue weighted by Crippen LogP contribution is 2.09. The molecule has 5 heteroatoms. The molecule has 84 valence electrons. The van der Waals surface area contributed by atoms with Crippen molar-refractivity contribution >= 4 is 5.91 Å². The van der Waals surface area contributed by atoms with Crippen molar-refractivity contribution in [2.24, 2.45) is 5.92 Å². The minimum atomic E-state index is -0.788. The predicted molar refractivity (Wildman–Crippen MR) is 53.0 cm³/mol. The van der Waals surface area contributed by atoms with Gasteiger partial charge in [-0.3, -0.25) is 4.79 Å². The first kappa shape index (κ1) is 12.1. The number of amides is 1. The SMILES string of the molecule is CC(C#N)C(=O)NCc1ccc(F)cc1F. The fourth-order valence-electron chi connectivity index (χ4n) is 1.06. The summed E-state index contributed by atoms with van der Waals surface area (Å²) in [4.78, 5) is 11.2. The molecule has 0 aliphatic carbocycles. The van der Waals surface area contributed by atoms with Crippen LogP contribution in [0.3, 0.4) is 0 Å². The Kier molecular flexibility index (Phi) is 3.95. The molecule has 0 saturated heterocycles. The molecule has 1 aromatic rings. The molecule has 0 spiro atoms. The molecule has 1 atom stereocenters. The molecule has 16 heavy (non-hydrogen) atoms. The number of hydrogen-bond donors (Lipinski definition) is 1. The lowest BCUT2D eigenvalue weighted by molar-refractivity contribution is -0.123. The van der Waals surface area contributed by atoms with E-state index in [0.717, 1.165) is 12.1 Å². The van der Waals surface area contributed by atoms with E-state index in [2.05, 4.69) is 5.32 Å². The van der Waals surface area contributed by atoms with Crippen LogP contribution in [0.4, 0.5) is 8.78 Å². The smallest absolute Gasteiger partial charge is 0.237 e. The summed E-state index contributed by atoms with van der Waals surface area (Å²) >= 11 is 0. The Bertz CT molecular complexity index is 440. The lowest BCUT2D eigenvalue weighted by Gasteiger charge is -2.07. The van der Waals surface area contributed by atoms with E-state index in [1.54, 1.807) is 6.07 Å². The van der Waals surface area contributed by atoms with E-state index in [4.69, 9.17) is 5.26 Å². The number of nitrogens with one attached hydrogen (secondary N) is 1. The molecule has 0 aliphatic rings. The zero-order chi connectivity index (χ0) is 12.1. The van der Waals surface area contributed by atoms with E-state index in [9.17, 15) is 13.6 Å². The molecule has 0 aliphatic heterocycles. The van der Waals surface area contributed by atoms with Gasteiger partial charge >= 0.3 is 0 Å². The van der Waals surface area contributed by atoms with Crippen LogP contribution in [0, 0.1) is 28.9 Å². The third kappa shape index (κ3) is 3.02. The number of carbonyl (C=O) groups is 1. The summed E-state index contributed by atoms with van der Waals surface area (Å²) in [6.45, 7) is 1.38. The van der Waals surface area contributed by atoms with E-state index in [1.807, 2.05) is 0 Å². The molecule has 0 heterocycles. The molecule has 1 N–H and O–H groups in total. The molecule has 0 radical (unpaired) electrons. The van der Waals surface area contributed by atoms with Gasteiger partial charge in [-0.1, -0.05) is 6.07 Å². The van der Waals surface area contributed by atoms with Crippen LogP contribution >= 0.6 is 0 Å². The van der Waals surface area contributed by atoms with Crippen LogP contribution in [0.15, 0.2) is 18.2 Å². The summed E-state index contributed by atoms with van der Waals surface area (Å²) in [5.41, 5.74) is 0.180. The Morgan fingerprint density at radius 1 is 1.56 bits per heavy atom. The van der Waals surface area contributed by atoms with E-state index >= 15 is 0 Å². The number of hydrogen-bond acceptors (Lipinski definition) is 2. The van der Waals surface area contributed by atoms with Gasteiger partial charge in [0.05, 0.1) is 6.07 Å². The van der Waals surface area contributed by atoms with Gasteiger partial charge < -0.3 is 5.32 Å². The van der Waals surface area contributed by atoms with Crippen molar-refractivity contribution in [2.75, 3.05) is 0 Å². The highest BCUT2D eigenvalue weighted by Gasteiger charge is 2.11. The number of rotatable bonds is 3. The molecule has 0 fully saturated rings. The summed E-state index contributed by atoms with van der Waals surface area (Å²) in [5, 5.41) is 10.8. The van der Waals surface area contributed by atoms with E-state index in [1.165, 1.54) is 13.0 Å². The monoisotopic (exact) mass is 224 g/mol. The first-order valence-electron chi connectivity index (χ1n) is 4.66. The Morgan fingerprint density at radius 3 is 2.81 bits per heavy atom. The van der Waals surface area contributed by atoms with Crippen LogP contribution in [0.2, 0.25) is 0 Å². The first-order chi connectivity index (χ1) is 7.54. The number of nitrogens with zero attached hydrogens (tertiary/aromatic N) is 1. The second kappa shape index (κ2) is 5.21. The van der Waals surface area contributed by atoms with Crippen LogP contribution in [0.5, 0.6) is 0 Å². The predicted octanol–water partition coefficient (Wildman–Crippen LogP) is 1.74. The van der Waals surface area contributed by atoms with Crippen molar-refractivity contribution < 1.29 is 13.6 Å². The summed E-state index contributed by atoms with van der Waals surface area (Å²) < 4.78 is 25.7. The Labute approximate surface area is 91.7 Å². The first-order valence-corrected chi connectivity index (χ1v) is 4.66. The van der Waals surface area contributed by atoms with E-state index in [0.29, 0.717) is 0 Å². The van der Waals surface area contributed by atoms with Crippen LogP contribution in [-0.2, 0) is 11.3 Å². The van der Waals surface area contributed by atoms with Crippen molar-refractivity contribution in [3.8, 4) is 6.07 Å². The molecule has 3 nitrogen and oxygen atoms in total. The van der Waals surface area contributed by atoms with Gasteiger partial charge in [-0.25, -0.2) is 8.78 Å². The van der Waals surface area contributed by atoms with Gasteiger partial charge in [0, 0.05) is 18.2 Å². The van der Waals surface area contributed by atoms with Gasteiger partial charge in [0.15, 0.2) is 0 Å². The molecule has 1 unspecified atom stereocenters. The van der Waals surface area contributed by atoms with Gasteiger partial charge in [0.2, 0.25) is 5.91 Å². The average Bonchev–Trinajstić information content (AvgIpc) is 2.26. The third-order valence-electron chi connectivity index (χ3n) is 2.06. The molecule has 0 aromatic heterocycles. The van der Waals surface area contributed by atoms with Gasteiger partial charge in [-0.05, 0) is 13.0 Å². The third-order valence-corrected chi connectivity index (χ3v) is 2.06. The fourth-order valence-corrected chi connectivity index (χ4v) is 1.06. The topological polar surface area (TPSA) is 52.9 Å². The molecular formula is C11H10F2N2O. The van der Waals surface area contributed by atoms with Crippen molar-refractivity contribution in [1.29, 1.82) is 5.26 Å². The van der Waals surface area contributed by atoms with E-state index in [-0.39, 0.29) is 12.1 Å². The number of halogens is 2. The van der Waals surface area contributed by atoms with Crippen molar-refractivity contribution in [1.82, 2.24) is 5.32 Å². The van der Waals surface area contributed by atoms with Crippen molar-refractivity contribution in [3.63, 3.8) is 0 Å². The second-order valence-corrected chi connectivity index (χ2v) is 3.30. The van der Waals surface area contributed by atoms with E-state index < -0.39 is 23.5 Å². The molecular weight excluding hydrogens is 214 g/mol. The quantitative estimate of drug-likeness (QED) is 0.850. The van der Waals surface area contributed by atoms with Gasteiger partial charge in [-0.2, -0.15) is 5.26 Å². The zero-order valence-electron chi connectivity index (χ0n) is 8.63. The summed E-state index contributed by atoms with van der Waals surface area (Å²) in [5.74, 6) is -2.65. The normalized spacial score (nSPS) is 11.6. The summed E-state index contributed by atoms with van der Waals surface area (Å²) in [6.07, 6.45) is 0. The standard InChI is InChI=1S/C11H10F2N2O/c1-7(5-14)11(16)15-6-8-2-3-9(12)4-10(8)13/h2-4,7H,6H2,1H3,(H,15,16). The maximum Gasteiger partial charge on any atom is 0.237 e. The van der Waals surface area contributed by atoms with Gasteiger partial charge in [-0.15, -0.1) is 0 Å². The summed E-state index contributed by atoms with van der Waals surface area (Å²) in [6, 6.07) is 4.87. The highest BCUT2D eigenvalue weighted by atomic mass is 19.1. The Balaban J connectivity index is 2.62. The van der Waals surface area contributed by atoms with Crippen LogP contribution in [-0.4, -0.2) is 5.91 Å². The van der Waals surface area contributed by atoms with Crippen LogP contribution < -0.4 is 5.32 Å². The maximum atomic E-state index is 13.1. The summed E-state index contributed by atoms with van der Waals surface area (Å²) in [7, 11) is 0. The lowest BCUT2D eigenvalue weighted by Crippen LogP contribution is -2.28. The van der Waals surface area contributed by atoms with Crippen molar-refractivity contribution in [3.05, 3.63) is 35.4 Å². The Morgan fingerprint density at radius 2 is 2.25 bits per heavy atom. The number of carbonyl (C=O) groups excluding carboxylic acids is 1. The lowest BCUT2D eigenvalue weighted by atomic mass is 10.1. The maximum absolute atomic E-state index is 13.1. The number of nitriles is 1. The van der Waals surface area contributed by atoms with Crippen LogP contribution in [0.25, 0.3) is 0 Å². The average molecular weight is 224 g/mol. The van der Waals surface area contributed by atoms with Gasteiger partial charge in [0.25, 0.3) is 0 Å². The fraction of sp³-hybridized carbons (Fsp3) is 0.273. The highest BCUT2D eigenvalue weighted by molar-refractivity contribution is 5.80. The zero-order valence-corrected chi connectivity index (χ0v) is 8.63. The molecule has 1 rings (SSSR count). The molecule has 1 aromatic carbocycles. The molecule has 0 saturated carbocycles. The van der Waals surface area contributed by atoms with Gasteiger partial charge in [0.1, 0.15) is 17.6 Å². The molecule has 1 amide bonds. The minimum absolute atomic E-state index is 0.0586. The second-order valence-electron chi connectivity index (χ2n) is 3.30. The van der Waals surface area contributed by atoms with Crippen molar-refractivity contribution in [2.45, 2.75) is 13.5 Å². The largest absolute Gasteiger partial charge is 0.351 e. The Hall–Kier alpha value is -1.96. The minimum Gasteiger partial charge on any atom is -0.351 e. The number of benzene rings is 1. The van der Waals surface area contributed by atoms with Crippen LogP contribution in [0.1, 0.15) is 12.5 Å².